The molecule has 0 aliphatic carbocycles. The van der Waals surface area contributed by atoms with Crippen molar-refractivity contribution in [1.29, 1.82) is 0 Å². The molecule has 8 nitrogen and oxygen atoms in total. The normalized spacial score (nSPS) is 10.7. The van der Waals surface area contributed by atoms with Crippen LogP contribution < -0.4 is 24.8 Å². The molecule has 2 N–H and O–H groups in total. The highest BCUT2D eigenvalue weighted by atomic mass is 127. The molecule has 9 heteroatoms. The first-order valence-corrected chi connectivity index (χ1v) is 8.42. The van der Waals surface area contributed by atoms with Gasteiger partial charge in [0.15, 0.2) is 17.5 Å². The highest BCUT2D eigenvalue weighted by Crippen LogP contribution is 2.38. The van der Waals surface area contributed by atoms with Crippen molar-refractivity contribution in [2.45, 2.75) is 19.5 Å². The summed E-state index contributed by atoms with van der Waals surface area (Å²) in [6, 6.07) is 5.75. The Bertz CT molecular complexity index is 682. The maximum Gasteiger partial charge on any atom is 0.203 e. The van der Waals surface area contributed by atoms with Crippen molar-refractivity contribution in [2.24, 2.45) is 4.99 Å². The van der Waals surface area contributed by atoms with Gasteiger partial charge in [0.2, 0.25) is 5.75 Å². The van der Waals surface area contributed by atoms with Crippen molar-refractivity contribution in [2.75, 3.05) is 34.9 Å². The van der Waals surface area contributed by atoms with Crippen LogP contribution in [0.2, 0.25) is 0 Å². The lowest BCUT2D eigenvalue weighted by molar-refractivity contribution is 0.323. The molecule has 0 amide bonds. The van der Waals surface area contributed by atoms with Crippen LogP contribution in [0.5, 0.6) is 17.2 Å². The minimum atomic E-state index is 0. The van der Waals surface area contributed by atoms with E-state index in [1.807, 2.05) is 29.1 Å². The van der Waals surface area contributed by atoms with Gasteiger partial charge in [-0.3, -0.25) is 9.67 Å². The van der Waals surface area contributed by atoms with Gasteiger partial charge in [-0.15, -0.1) is 24.0 Å². The molecule has 0 atom stereocenters. The van der Waals surface area contributed by atoms with E-state index >= 15 is 0 Å². The number of ether oxygens (including phenoxy) is 3. The van der Waals surface area contributed by atoms with Gasteiger partial charge in [-0.05, 0) is 30.2 Å². The van der Waals surface area contributed by atoms with Gasteiger partial charge in [-0.1, -0.05) is 0 Å². The van der Waals surface area contributed by atoms with E-state index in [2.05, 4.69) is 20.7 Å². The molecule has 150 valence electrons. The summed E-state index contributed by atoms with van der Waals surface area (Å²) in [5, 5.41) is 10.8. The van der Waals surface area contributed by atoms with Crippen LogP contribution >= 0.6 is 24.0 Å². The van der Waals surface area contributed by atoms with Gasteiger partial charge in [0.1, 0.15) is 0 Å². The Morgan fingerprint density at radius 1 is 1.11 bits per heavy atom. The standard InChI is InChI=1S/C18H27N5O3.HI/c1-19-18(20-7-5-9-23-10-6-8-22-23)21-13-14-11-15(24-2)17(26-4)16(12-14)25-3;/h6,8,10-12H,5,7,9,13H2,1-4H3,(H2,19,20,21);1H. The molecular weight excluding hydrogens is 461 g/mol. The van der Waals surface area contributed by atoms with Gasteiger partial charge in [-0.25, -0.2) is 0 Å². The highest BCUT2D eigenvalue weighted by molar-refractivity contribution is 14.0. The molecule has 0 saturated heterocycles. The number of benzene rings is 1. The van der Waals surface area contributed by atoms with Crippen LogP contribution in [0.15, 0.2) is 35.6 Å². The molecular formula is C18H28IN5O3. The van der Waals surface area contributed by atoms with Gasteiger partial charge < -0.3 is 24.8 Å². The van der Waals surface area contributed by atoms with E-state index in [0.29, 0.717) is 23.8 Å². The molecule has 0 fully saturated rings. The fourth-order valence-electron chi connectivity index (χ4n) is 2.52. The van der Waals surface area contributed by atoms with Crippen LogP contribution in [-0.4, -0.2) is 50.7 Å². The number of rotatable bonds is 9. The molecule has 1 aromatic heterocycles. The van der Waals surface area contributed by atoms with Crippen LogP contribution in [0.1, 0.15) is 12.0 Å². The molecule has 2 aromatic rings. The molecule has 27 heavy (non-hydrogen) atoms. The Kier molecular flexibility index (Phi) is 10.4. The van der Waals surface area contributed by atoms with E-state index in [-0.39, 0.29) is 24.0 Å². The summed E-state index contributed by atoms with van der Waals surface area (Å²) in [5.74, 6) is 2.58. The number of aryl methyl sites for hydroxylation is 1. The number of methoxy groups -OCH3 is 3. The van der Waals surface area contributed by atoms with E-state index in [1.54, 1.807) is 34.6 Å². The molecule has 0 radical (unpaired) electrons. The fraction of sp³-hybridized carbons (Fsp3) is 0.444. The van der Waals surface area contributed by atoms with Crippen molar-refractivity contribution in [3.8, 4) is 17.2 Å². The van der Waals surface area contributed by atoms with Gasteiger partial charge in [0.05, 0.1) is 21.3 Å². The van der Waals surface area contributed by atoms with Crippen molar-refractivity contribution in [3.05, 3.63) is 36.2 Å². The second-order valence-corrected chi connectivity index (χ2v) is 5.51. The largest absolute Gasteiger partial charge is 0.493 e. The number of nitrogens with zero attached hydrogens (tertiary/aromatic N) is 3. The molecule has 0 unspecified atom stereocenters. The SMILES string of the molecule is CN=C(NCCCn1cccn1)NCc1cc(OC)c(OC)c(OC)c1.I. The summed E-state index contributed by atoms with van der Waals surface area (Å²) in [7, 11) is 6.55. The van der Waals surface area contributed by atoms with Gasteiger partial charge in [0.25, 0.3) is 0 Å². The van der Waals surface area contributed by atoms with Crippen molar-refractivity contribution in [1.82, 2.24) is 20.4 Å². The summed E-state index contributed by atoms with van der Waals surface area (Å²) in [6.45, 7) is 2.24. The summed E-state index contributed by atoms with van der Waals surface area (Å²) in [5.41, 5.74) is 0.999. The molecule has 0 aliphatic heterocycles. The van der Waals surface area contributed by atoms with Crippen LogP contribution in [0.3, 0.4) is 0 Å². The van der Waals surface area contributed by atoms with Crippen molar-refractivity contribution < 1.29 is 14.2 Å². The Morgan fingerprint density at radius 3 is 2.33 bits per heavy atom. The first-order chi connectivity index (χ1) is 12.7. The third-order valence-corrected chi connectivity index (χ3v) is 3.82. The van der Waals surface area contributed by atoms with E-state index in [1.165, 1.54) is 0 Å². The van der Waals surface area contributed by atoms with E-state index in [0.717, 1.165) is 31.0 Å². The molecule has 1 heterocycles. The lowest BCUT2D eigenvalue weighted by atomic mass is 10.2. The monoisotopic (exact) mass is 489 g/mol. The molecule has 0 bridgehead atoms. The Hall–Kier alpha value is -2.17. The van der Waals surface area contributed by atoms with Gasteiger partial charge >= 0.3 is 0 Å². The van der Waals surface area contributed by atoms with Crippen LogP contribution in [0.4, 0.5) is 0 Å². The Morgan fingerprint density at radius 2 is 1.81 bits per heavy atom. The van der Waals surface area contributed by atoms with Gasteiger partial charge in [-0.2, -0.15) is 5.10 Å². The zero-order chi connectivity index (χ0) is 18.8. The number of nitrogens with one attached hydrogen (secondary N) is 2. The summed E-state index contributed by atoms with van der Waals surface area (Å²) >= 11 is 0. The lowest BCUT2D eigenvalue weighted by Gasteiger charge is -2.16. The number of guanidine groups is 1. The maximum absolute atomic E-state index is 5.38. The predicted octanol–water partition coefficient (Wildman–Crippen LogP) is 2.28. The molecule has 0 saturated carbocycles. The van der Waals surface area contributed by atoms with Gasteiger partial charge in [0, 0.05) is 39.1 Å². The zero-order valence-electron chi connectivity index (χ0n) is 16.2. The quantitative estimate of drug-likeness (QED) is 0.244. The number of hydrogen-bond acceptors (Lipinski definition) is 5. The van der Waals surface area contributed by atoms with Crippen LogP contribution in [0.25, 0.3) is 0 Å². The predicted molar refractivity (Wildman–Crippen MR) is 117 cm³/mol. The van der Waals surface area contributed by atoms with Crippen molar-refractivity contribution in [3.63, 3.8) is 0 Å². The van der Waals surface area contributed by atoms with Crippen LogP contribution in [-0.2, 0) is 13.1 Å². The Balaban J connectivity index is 0.00000364. The highest BCUT2D eigenvalue weighted by Gasteiger charge is 2.13. The third kappa shape index (κ3) is 6.81. The average Bonchev–Trinajstić information content (AvgIpc) is 3.19. The lowest BCUT2D eigenvalue weighted by Crippen LogP contribution is -2.37. The number of halogens is 1. The summed E-state index contributed by atoms with van der Waals surface area (Å²) in [6.07, 6.45) is 4.69. The van der Waals surface area contributed by atoms with E-state index in [4.69, 9.17) is 14.2 Å². The topological polar surface area (TPSA) is 81.9 Å². The first-order valence-electron chi connectivity index (χ1n) is 8.42. The Labute approximate surface area is 177 Å². The number of aromatic nitrogens is 2. The number of hydrogen-bond donors (Lipinski definition) is 2. The zero-order valence-corrected chi connectivity index (χ0v) is 18.5. The minimum Gasteiger partial charge on any atom is -0.493 e. The van der Waals surface area contributed by atoms with E-state index < -0.39 is 0 Å². The first kappa shape index (κ1) is 22.9. The smallest absolute Gasteiger partial charge is 0.203 e. The van der Waals surface area contributed by atoms with Crippen LogP contribution in [0, 0.1) is 0 Å². The minimum absolute atomic E-state index is 0. The summed E-state index contributed by atoms with van der Waals surface area (Å²) < 4.78 is 18.0. The maximum atomic E-state index is 5.38. The average molecular weight is 489 g/mol. The summed E-state index contributed by atoms with van der Waals surface area (Å²) in [4.78, 5) is 4.24. The number of aliphatic imine (C=N–C) groups is 1. The van der Waals surface area contributed by atoms with E-state index in [9.17, 15) is 0 Å². The molecule has 0 aliphatic rings. The fourth-order valence-corrected chi connectivity index (χ4v) is 2.52. The third-order valence-electron chi connectivity index (χ3n) is 3.82. The molecule has 0 spiro atoms. The molecule has 2 rings (SSSR count). The second kappa shape index (κ2) is 12.3. The molecule has 1 aromatic carbocycles. The van der Waals surface area contributed by atoms with Crippen molar-refractivity contribution >= 4 is 29.9 Å². The second-order valence-electron chi connectivity index (χ2n) is 5.51.